The largest absolute Gasteiger partial charge is 0.225 e. The van der Waals surface area contributed by atoms with Gasteiger partial charge in [-0.1, -0.05) is 19.1 Å². The lowest BCUT2D eigenvalue weighted by atomic mass is 10.1. The monoisotopic (exact) mass is 227 g/mol. The Morgan fingerprint density at radius 3 is 3.06 bits per heavy atom. The van der Waals surface area contributed by atoms with E-state index in [4.69, 9.17) is 5.26 Å². The minimum absolute atomic E-state index is 0.609. The topological polar surface area (TPSA) is 67.4 Å². The Labute approximate surface area is 99.7 Å². The van der Waals surface area contributed by atoms with Gasteiger partial charge in [0.1, 0.15) is 0 Å². The van der Waals surface area contributed by atoms with Gasteiger partial charge in [-0.25, -0.2) is 4.68 Å². The van der Waals surface area contributed by atoms with Gasteiger partial charge in [0, 0.05) is 6.42 Å². The van der Waals surface area contributed by atoms with Crippen molar-refractivity contribution < 1.29 is 0 Å². The first-order valence-electron chi connectivity index (χ1n) is 5.57. The molecular weight excluding hydrogens is 214 g/mol. The smallest absolute Gasteiger partial charge is 0.151 e. The molecule has 0 atom stereocenters. The van der Waals surface area contributed by atoms with Crippen LogP contribution in [-0.4, -0.2) is 20.2 Å². The normalized spacial score (nSPS) is 10.1. The van der Waals surface area contributed by atoms with E-state index in [0.717, 1.165) is 24.2 Å². The predicted molar refractivity (Wildman–Crippen MR) is 62.1 cm³/mol. The maximum atomic E-state index is 8.83. The van der Waals surface area contributed by atoms with Crippen LogP contribution in [0.4, 0.5) is 0 Å². The summed E-state index contributed by atoms with van der Waals surface area (Å²) in [4.78, 5) is 0. The van der Waals surface area contributed by atoms with Crippen molar-refractivity contribution in [3.8, 4) is 6.07 Å². The van der Waals surface area contributed by atoms with Gasteiger partial charge >= 0.3 is 0 Å². The maximum absolute atomic E-state index is 8.83. The summed E-state index contributed by atoms with van der Waals surface area (Å²) in [6.07, 6.45) is 1.88. The van der Waals surface area contributed by atoms with Crippen LogP contribution in [0.2, 0.25) is 0 Å². The molecule has 17 heavy (non-hydrogen) atoms. The Morgan fingerprint density at radius 1 is 1.41 bits per heavy atom. The van der Waals surface area contributed by atoms with Gasteiger partial charge in [0.25, 0.3) is 0 Å². The summed E-state index contributed by atoms with van der Waals surface area (Å²) in [6.45, 7) is 2.70. The highest BCUT2D eigenvalue weighted by Gasteiger charge is 2.05. The molecule has 5 heteroatoms. The van der Waals surface area contributed by atoms with E-state index < -0.39 is 0 Å². The van der Waals surface area contributed by atoms with Crippen LogP contribution in [-0.2, 0) is 13.0 Å². The summed E-state index contributed by atoms with van der Waals surface area (Å²) >= 11 is 0. The van der Waals surface area contributed by atoms with E-state index in [0.29, 0.717) is 12.1 Å². The van der Waals surface area contributed by atoms with Gasteiger partial charge in [0.05, 0.1) is 18.2 Å². The molecule has 0 aliphatic rings. The molecule has 0 unspecified atom stereocenters. The molecule has 0 bridgehead atoms. The van der Waals surface area contributed by atoms with Crippen molar-refractivity contribution in [2.75, 3.05) is 0 Å². The van der Waals surface area contributed by atoms with E-state index in [1.54, 1.807) is 10.7 Å². The number of rotatable bonds is 4. The number of nitriles is 1. The van der Waals surface area contributed by atoms with Gasteiger partial charge in [-0.05, 0) is 34.5 Å². The third kappa shape index (κ3) is 2.67. The molecule has 1 heterocycles. The standard InChI is InChI=1S/C12H13N5/c1-2-4-12-14-15-16-17(12)9-11-6-3-5-10(7-11)8-13/h3,5-7H,2,4,9H2,1H3. The van der Waals surface area contributed by atoms with E-state index in [2.05, 4.69) is 28.5 Å². The van der Waals surface area contributed by atoms with Crippen molar-refractivity contribution in [3.63, 3.8) is 0 Å². The van der Waals surface area contributed by atoms with Gasteiger partial charge in [-0.3, -0.25) is 0 Å². The van der Waals surface area contributed by atoms with Crippen LogP contribution in [0.5, 0.6) is 0 Å². The fourth-order valence-electron chi connectivity index (χ4n) is 1.66. The van der Waals surface area contributed by atoms with Gasteiger partial charge in [-0.2, -0.15) is 5.26 Å². The third-order valence-corrected chi connectivity index (χ3v) is 2.47. The van der Waals surface area contributed by atoms with Gasteiger partial charge in [0.15, 0.2) is 5.82 Å². The van der Waals surface area contributed by atoms with Crippen molar-refractivity contribution in [3.05, 3.63) is 41.2 Å². The third-order valence-electron chi connectivity index (χ3n) is 2.47. The fourth-order valence-corrected chi connectivity index (χ4v) is 1.66. The molecule has 2 rings (SSSR count). The molecule has 1 aromatic heterocycles. The SMILES string of the molecule is CCCc1nnnn1Cc1cccc(C#N)c1. The van der Waals surface area contributed by atoms with Crippen LogP contribution in [0.1, 0.15) is 30.3 Å². The van der Waals surface area contributed by atoms with Crippen LogP contribution >= 0.6 is 0 Å². The first-order chi connectivity index (χ1) is 8.33. The summed E-state index contributed by atoms with van der Waals surface area (Å²) < 4.78 is 1.78. The van der Waals surface area contributed by atoms with Crippen LogP contribution in [0, 0.1) is 11.3 Å². The Kier molecular flexibility index (Phi) is 3.46. The molecule has 0 aliphatic heterocycles. The zero-order chi connectivity index (χ0) is 12.1. The Hall–Kier alpha value is -2.22. The summed E-state index contributed by atoms with van der Waals surface area (Å²) in [5, 5.41) is 20.4. The van der Waals surface area contributed by atoms with Crippen LogP contribution in [0.25, 0.3) is 0 Å². The average Bonchev–Trinajstić information content (AvgIpc) is 2.78. The van der Waals surface area contributed by atoms with Gasteiger partial charge in [0.2, 0.25) is 0 Å². The molecule has 2 aromatic rings. The first kappa shape index (κ1) is 11.3. The summed E-state index contributed by atoms with van der Waals surface area (Å²) in [6, 6.07) is 9.62. The lowest BCUT2D eigenvalue weighted by Crippen LogP contribution is -2.07. The summed E-state index contributed by atoms with van der Waals surface area (Å²) in [5.41, 5.74) is 1.70. The van der Waals surface area contributed by atoms with E-state index in [1.807, 2.05) is 18.2 Å². The average molecular weight is 227 g/mol. The highest BCUT2D eigenvalue weighted by atomic mass is 15.5. The number of tetrazole rings is 1. The minimum Gasteiger partial charge on any atom is -0.225 e. The highest BCUT2D eigenvalue weighted by Crippen LogP contribution is 2.07. The second-order valence-corrected chi connectivity index (χ2v) is 3.81. The molecule has 1 aromatic carbocycles. The number of benzene rings is 1. The van der Waals surface area contributed by atoms with Crippen LogP contribution < -0.4 is 0 Å². The molecular formula is C12H13N5. The highest BCUT2D eigenvalue weighted by molar-refractivity contribution is 5.32. The molecule has 0 spiro atoms. The predicted octanol–water partition coefficient (Wildman–Crippen LogP) is 1.55. The van der Waals surface area contributed by atoms with Crippen molar-refractivity contribution in [1.82, 2.24) is 20.2 Å². The van der Waals surface area contributed by atoms with Crippen molar-refractivity contribution in [2.45, 2.75) is 26.3 Å². The summed E-state index contributed by atoms with van der Waals surface area (Å²) in [7, 11) is 0. The molecule has 0 saturated carbocycles. The van der Waals surface area contributed by atoms with Gasteiger partial charge < -0.3 is 0 Å². The van der Waals surface area contributed by atoms with E-state index in [-0.39, 0.29) is 0 Å². The number of nitrogens with zero attached hydrogens (tertiary/aromatic N) is 5. The zero-order valence-corrected chi connectivity index (χ0v) is 9.67. The number of hydrogen-bond acceptors (Lipinski definition) is 4. The molecule has 5 nitrogen and oxygen atoms in total. The molecule has 0 aliphatic carbocycles. The van der Waals surface area contributed by atoms with Crippen molar-refractivity contribution in [2.24, 2.45) is 0 Å². The van der Waals surface area contributed by atoms with Crippen molar-refractivity contribution in [1.29, 1.82) is 5.26 Å². The lowest BCUT2D eigenvalue weighted by Gasteiger charge is -2.04. The fraction of sp³-hybridized carbons (Fsp3) is 0.333. The van der Waals surface area contributed by atoms with E-state index in [1.165, 1.54) is 0 Å². The van der Waals surface area contributed by atoms with E-state index in [9.17, 15) is 0 Å². The van der Waals surface area contributed by atoms with Gasteiger partial charge in [-0.15, -0.1) is 5.10 Å². The molecule has 0 N–H and O–H groups in total. The number of aromatic nitrogens is 4. The number of aryl methyl sites for hydroxylation is 1. The second-order valence-electron chi connectivity index (χ2n) is 3.81. The van der Waals surface area contributed by atoms with E-state index >= 15 is 0 Å². The second kappa shape index (κ2) is 5.21. The summed E-state index contributed by atoms with van der Waals surface area (Å²) in [5.74, 6) is 0.884. The Morgan fingerprint density at radius 2 is 2.29 bits per heavy atom. The first-order valence-corrected chi connectivity index (χ1v) is 5.57. The quantitative estimate of drug-likeness (QED) is 0.794. The molecule has 86 valence electrons. The number of hydrogen-bond donors (Lipinski definition) is 0. The molecule has 0 fully saturated rings. The molecule has 0 amide bonds. The van der Waals surface area contributed by atoms with Crippen molar-refractivity contribution >= 4 is 0 Å². The minimum atomic E-state index is 0.609. The zero-order valence-electron chi connectivity index (χ0n) is 9.67. The van der Waals surface area contributed by atoms with Crippen LogP contribution in [0.15, 0.2) is 24.3 Å². The maximum Gasteiger partial charge on any atom is 0.151 e. The molecule has 0 saturated heterocycles. The Balaban J connectivity index is 2.19. The molecule has 0 radical (unpaired) electrons. The lowest BCUT2D eigenvalue weighted by molar-refractivity contribution is 0.613. The Bertz CT molecular complexity index is 538. The van der Waals surface area contributed by atoms with Crippen LogP contribution in [0.3, 0.4) is 0 Å².